The Bertz CT molecular complexity index is 550. The SMILES string of the molecule is Cc1cc(Br)cc(C)c1NS(=O)(=O)NCC(F)(F)F. The molecular weight excluding hydrogens is 349 g/mol. The van der Waals surface area contributed by atoms with E-state index in [9.17, 15) is 21.6 Å². The van der Waals surface area contributed by atoms with Crippen molar-refractivity contribution >= 4 is 31.8 Å². The summed E-state index contributed by atoms with van der Waals surface area (Å²) in [7, 11) is -4.26. The standard InChI is InChI=1S/C10H12BrF3N2O2S/c1-6-3-8(11)4-7(2)9(6)16-19(17,18)15-5-10(12,13)14/h3-4,15-16H,5H2,1-2H3. The van der Waals surface area contributed by atoms with Gasteiger partial charge in [0.15, 0.2) is 0 Å². The van der Waals surface area contributed by atoms with E-state index in [2.05, 4.69) is 20.7 Å². The van der Waals surface area contributed by atoms with Gasteiger partial charge in [0, 0.05) is 4.47 Å². The van der Waals surface area contributed by atoms with Gasteiger partial charge in [-0.1, -0.05) is 15.9 Å². The first-order valence-corrected chi connectivity index (χ1v) is 7.39. The third kappa shape index (κ3) is 5.37. The van der Waals surface area contributed by atoms with Crippen molar-refractivity contribution in [3.8, 4) is 0 Å². The molecule has 0 bridgehead atoms. The van der Waals surface area contributed by atoms with Gasteiger partial charge in [-0.15, -0.1) is 0 Å². The zero-order valence-corrected chi connectivity index (χ0v) is 12.5. The maximum absolute atomic E-state index is 12.0. The van der Waals surface area contributed by atoms with Crippen LogP contribution in [-0.2, 0) is 10.2 Å². The molecule has 0 aliphatic carbocycles. The third-order valence-electron chi connectivity index (χ3n) is 2.20. The highest BCUT2D eigenvalue weighted by Gasteiger charge is 2.29. The molecule has 1 aromatic carbocycles. The second-order valence-corrected chi connectivity index (χ2v) is 6.37. The number of benzene rings is 1. The molecule has 2 N–H and O–H groups in total. The fourth-order valence-electron chi connectivity index (χ4n) is 1.42. The van der Waals surface area contributed by atoms with Crippen LogP contribution in [0.1, 0.15) is 11.1 Å². The highest BCUT2D eigenvalue weighted by atomic mass is 79.9. The van der Waals surface area contributed by atoms with Crippen LogP contribution < -0.4 is 9.44 Å². The second kappa shape index (κ2) is 5.68. The minimum atomic E-state index is -4.60. The number of alkyl halides is 3. The number of rotatable bonds is 4. The maximum atomic E-state index is 12.0. The molecule has 1 aromatic rings. The zero-order valence-electron chi connectivity index (χ0n) is 10.1. The zero-order chi connectivity index (χ0) is 14.8. The first-order chi connectivity index (χ1) is 8.50. The molecule has 0 aliphatic heterocycles. The van der Waals surface area contributed by atoms with E-state index < -0.39 is 22.9 Å². The normalized spacial score (nSPS) is 12.5. The molecule has 0 spiro atoms. The smallest absolute Gasteiger partial charge is 0.271 e. The Kier molecular flexibility index (Phi) is 4.86. The van der Waals surface area contributed by atoms with Crippen LogP contribution in [0.25, 0.3) is 0 Å². The van der Waals surface area contributed by atoms with Crippen LogP contribution in [0, 0.1) is 13.8 Å². The van der Waals surface area contributed by atoms with Crippen LogP contribution in [0.4, 0.5) is 18.9 Å². The summed E-state index contributed by atoms with van der Waals surface area (Å²) in [6.45, 7) is 1.69. The highest BCUT2D eigenvalue weighted by Crippen LogP contribution is 2.25. The summed E-state index contributed by atoms with van der Waals surface area (Å²) in [5.74, 6) is 0. The van der Waals surface area contributed by atoms with Crippen LogP contribution in [-0.4, -0.2) is 21.1 Å². The van der Waals surface area contributed by atoms with Gasteiger partial charge in [-0.2, -0.15) is 26.3 Å². The van der Waals surface area contributed by atoms with Crippen LogP contribution >= 0.6 is 15.9 Å². The van der Waals surface area contributed by atoms with E-state index in [-0.39, 0.29) is 5.69 Å². The van der Waals surface area contributed by atoms with E-state index in [0.717, 1.165) is 4.47 Å². The number of hydrogen-bond donors (Lipinski definition) is 2. The van der Waals surface area contributed by atoms with Crippen molar-refractivity contribution in [3.63, 3.8) is 0 Å². The van der Waals surface area contributed by atoms with Gasteiger partial charge in [0.25, 0.3) is 10.2 Å². The predicted molar refractivity (Wildman–Crippen MR) is 70.2 cm³/mol. The average molecular weight is 361 g/mol. The van der Waals surface area contributed by atoms with Gasteiger partial charge in [0.05, 0.1) is 5.69 Å². The van der Waals surface area contributed by atoms with E-state index >= 15 is 0 Å². The Morgan fingerprint density at radius 3 is 2.11 bits per heavy atom. The molecule has 0 radical (unpaired) electrons. The summed E-state index contributed by atoms with van der Waals surface area (Å²) in [5.41, 5.74) is 1.46. The minimum absolute atomic E-state index is 0.262. The molecule has 9 heteroatoms. The van der Waals surface area contributed by atoms with E-state index in [4.69, 9.17) is 0 Å². The van der Waals surface area contributed by atoms with Crippen molar-refractivity contribution in [2.24, 2.45) is 0 Å². The van der Waals surface area contributed by atoms with Crippen LogP contribution in [0.5, 0.6) is 0 Å². The van der Waals surface area contributed by atoms with Gasteiger partial charge in [0.1, 0.15) is 6.54 Å². The van der Waals surface area contributed by atoms with Gasteiger partial charge in [-0.25, -0.2) is 0 Å². The van der Waals surface area contributed by atoms with Crippen molar-refractivity contribution in [1.29, 1.82) is 0 Å². The first kappa shape index (κ1) is 16.3. The molecule has 0 aromatic heterocycles. The summed E-state index contributed by atoms with van der Waals surface area (Å²) in [4.78, 5) is 0. The van der Waals surface area contributed by atoms with Crippen LogP contribution in [0.3, 0.4) is 0 Å². The topological polar surface area (TPSA) is 58.2 Å². The number of aryl methyl sites for hydroxylation is 2. The lowest BCUT2D eigenvalue weighted by Gasteiger charge is -2.15. The summed E-state index contributed by atoms with van der Waals surface area (Å²) in [6.07, 6.45) is -4.60. The lowest BCUT2D eigenvalue weighted by atomic mass is 10.1. The minimum Gasteiger partial charge on any atom is -0.271 e. The number of anilines is 1. The monoisotopic (exact) mass is 360 g/mol. The van der Waals surface area contributed by atoms with Gasteiger partial charge in [0.2, 0.25) is 0 Å². The Morgan fingerprint density at radius 2 is 1.68 bits per heavy atom. The lowest BCUT2D eigenvalue weighted by Crippen LogP contribution is -2.37. The van der Waals surface area contributed by atoms with Crippen molar-refractivity contribution in [2.75, 3.05) is 11.3 Å². The van der Waals surface area contributed by atoms with Gasteiger partial charge in [-0.3, -0.25) is 4.72 Å². The molecule has 0 aliphatic rings. The van der Waals surface area contributed by atoms with E-state index in [1.165, 1.54) is 4.72 Å². The summed E-state index contributed by atoms with van der Waals surface area (Å²) in [6, 6.07) is 3.32. The molecule has 19 heavy (non-hydrogen) atoms. The fraction of sp³-hybridized carbons (Fsp3) is 0.400. The highest BCUT2D eigenvalue weighted by molar-refractivity contribution is 9.10. The summed E-state index contributed by atoms with van der Waals surface area (Å²) >= 11 is 3.24. The van der Waals surface area contributed by atoms with Crippen molar-refractivity contribution in [3.05, 3.63) is 27.7 Å². The second-order valence-electron chi connectivity index (χ2n) is 3.96. The number of hydrogen-bond acceptors (Lipinski definition) is 2. The van der Waals surface area contributed by atoms with E-state index in [1.54, 1.807) is 26.0 Å². The Balaban J connectivity index is 2.90. The summed E-state index contributed by atoms with van der Waals surface area (Å²) < 4.78 is 63.2. The van der Waals surface area contributed by atoms with E-state index in [1.807, 2.05) is 0 Å². The van der Waals surface area contributed by atoms with Crippen LogP contribution in [0.2, 0.25) is 0 Å². The largest absolute Gasteiger partial charge is 0.402 e. The van der Waals surface area contributed by atoms with Gasteiger partial charge >= 0.3 is 6.18 Å². The third-order valence-corrected chi connectivity index (χ3v) is 3.65. The van der Waals surface area contributed by atoms with Crippen molar-refractivity contribution in [2.45, 2.75) is 20.0 Å². The van der Waals surface area contributed by atoms with Gasteiger partial charge in [-0.05, 0) is 37.1 Å². The van der Waals surface area contributed by atoms with Crippen LogP contribution in [0.15, 0.2) is 16.6 Å². The predicted octanol–water partition coefficient (Wildman–Crippen LogP) is 2.87. The molecule has 108 valence electrons. The molecule has 1 rings (SSSR count). The number of nitrogens with one attached hydrogen (secondary N) is 2. The molecule has 0 heterocycles. The Hall–Kier alpha value is -0.800. The molecule has 0 unspecified atom stereocenters. The Morgan fingerprint density at radius 1 is 1.21 bits per heavy atom. The molecule has 0 atom stereocenters. The first-order valence-electron chi connectivity index (χ1n) is 5.11. The molecular formula is C10H12BrF3N2O2S. The fourth-order valence-corrected chi connectivity index (χ4v) is 3.12. The quantitative estimate of drug-likeness (QED) is 0.867. The van der Waals surface area contributed by atoms with Gasteiger partial charge < -0.3 is 0 Å². The lowest BCUT2D eigenvalue weighted by molar-refractivity contribution is -0.121. The molecule has 0 saturated carbocycles. The summed E-state index contributed by atoms with van der Waals surface area (Å²) in [5, 5.41) is 0. The molecule has 0 fully saturated rings. The Labute approximate surface area is 117 Å². The number of halogens is 4. The molecule has 4 nitrogen and oxygen atoms in total. The average Bonchev–Trinajstić information content (AvgIpc) is 2.20. The molecule has 0 amide bonds. The van der Waals surface area contributed by atoms with Crippen molar-refractivity contribution in [1.82, 2.24) is 4.72 Å². The van der Waals surface area contributed by atoms with E-state index in [0.29, 0.717) is 11.1 Å². The maximum Gasteiger partial charge on any atom is 0.402 e. The molecule has 0 saturated heterocycles. The van der Waals surface area contributed by atoms with Crippen molar-refractivity contribution < 1.29 is 21.6 Å².